The molecular formula is C29H36ClNO4. The first-order valence-electron chi connectivity index (χ1n) is 12.0. The van der Waals surface area contributed by atoms with Gasteiger partial charge >= 0.3 is 5.97 Å². The van der Waals surface area contributed by atoms with E-state index in [1.54, 1.807) is 14.0 Å². The van der Waals surface area contributed by atoms with Crippen molar-refractivity contribution in [2.75, 3.05) is 13.7 Å². The van der Waals surface area contributed by atoms with Gasteiger partial charge in [-0.3, -0.25) is 9.59 Å². The Morgan fingerprint density at radius 2 is 1.66 bits per heavy atom. The summed E-state index contributed by atoms with van der Waals surface area (Å²) in [5, 5.41) is 1.50. The van der Waals surface area contributed by atoms with Gasteiger partial charge < -0.3 is 14.0 Å². The fourth-order valence-corrected chi connectivity index (χ4v) is 4.47. The Morgan fingerprint density at radius 1 is 1.00 bits per heavy atom. The minimum Gasteiger partial charge on any atom is -0.497 e. The highest BCUT2D eigenvalue weighted by Gasteiger charge is 2.35. The summed E-state index contributed by atoms with van der Waals surface area (Å²) in [4.78, 5) is 26.6. The minimum absolute atomic E-state index is 0.0558. The lowest BCUT2D eigenvalue weighted by atomic mass is 9.83. The Labute approximate surface area is 213 Å². The van der Waals surface area contributed by atoms with Crippen molar-refractivity contribution in [3.05, 3.63) is 64.3 Å². The number of ether oxygens (including phenoxy) is 2. The van der Waals surface area contributed by atoms with Gasteiger partial charge in [-0.15, -0.1) is 0 Å². The molecule has 0 atom stereocenters. The van der Waals surface area contributed by atoms with Crippen LogP contribution in [0.4, 0.5) is 0 Å². The molecule has 0 radical (unpaired) electrons. The van der Waals surface area contributed by atoms with Gasteiger partial charge in [0.15, 0.2) is 5.78 Å². The van der Waals surface area contributed by atoms with E-state index in [-0.39, 0.29) is 17.2 Å². The summed E-state index contributed by atoms with van der Waals surface area (Å²) in [6, 6.07) is 13.5. The Balaban J connectivity index is 2.28. The number of benzene rings is 2. The Morgan fingerprint density at radius 3 is 2.23 bits per heavy atom. The number of hydrogen-bond acceptors (Lipinski definition) is 4. The zero-order chi connectivity index (χ0) is 26.0. The van der Waals surface area contributed by atoms with E-state index in [0.29, 0.717) is 42.3 Å². The van der Waals surface area contributed by atoms with E-state index in [0.717, 1.165) is 22.2 Å². The van der Waals surface area contributed by atoms with E-state index < -0.39 is 5.41 Å². The maximum Gasteiger partial charge on any atom is 0.311 e. The van der Waals surface area contributed by atoms with Gasteiger partial charge in [0.25, 0.3) is 0 Å². The average Bonchev–Trinajstić information content (AvgIpc) is 3.05. The van der Waals surface area contributed by atoms with Crippen LogP contribution in [0.15, 0.2) is 42.5 Å². The Kier molecular flexibility index (Phi) is 8.00. The molecule has 5 nitrogen and oxygen atoms in total. The molecule has 0 bridgehead atoms. The molecule has 0 spiro atoms. The predicted octanol–water partition coefficient (Wildman–Crippen LogP) is 7.10. The molecule has 3 aromatic rings. The predicted molar refractivity (Wildman–Crippen MR) is 142 cm³/mol. The second-order valence-electron chi connectivity index (χ2n) is 10.9. The Bertz CT molecular complexity index is 1220. The molecule has 1 aromatic heterocycles. The number of ketones is 1. The van der Waals surface area contributed by atoms with Crippen molar-refractivity contribution in [1.29, 1.82) is 0 Å². The van der Waals surface area contributed by atoms with Crippen LogP contribution in [0, 0.1) is 10.8 Å². The molecule has 0 saturated carbocycles. The summed E-state index contributed by atoms with van der Waals surface area (Å²) in [5.41, 5.74) is 2.45. The quantitative estimate of drug-likeness (QED) is 0.233. The molecule has 0 amide bonds. The number of carbonyl (C=O) groups is 2. The van der Waals surface area contributed by atoms with Gasteiger partial charge in [0.05, 0.1) is 19.1 Å². The van der Waals surface area contributed by atoms with Crippen molar-refractivity contribution in [2.45, 2.75) is 60.9 Å². The molecule has 0 aliphatic carbocycles. The van der Waals surface area contributed by atoms with E-state index in [1.165, 1.54) is 0 Å². The highest BCUT2D eigenvalue weighted by molar-refractivity contribution is 6.30. The fourth-order valence-electron chi connectivity index (χ4n) is 4.35. The van der Waals surface area contributed by atoms with Gasteiger partial charge in [-0.25, -0.2) is 0 Å². The lowest BCUT2D eigenvalue weighted by molar-refractivity contribution is -0.153. The summed E-state index contributed by atoms with van der Waals surface area (Å²) in [5.74, 6) is 0.456. The van der Waals surface area contributed by atoms with Crippen molar-refractivity contribution in [3.8, 4) is 5.75 Å². The molecule has 1 heterocycles. The average molecular weight is 498 g/mol. The van der Waals surface area contributed by atoms with E-state index in [2.05, 4.69) is 25.3 Å². The molecule has 6 heteroatoms. The van der Waals surface area contributed by atoms with Crippen LogP contribution in [0.3, 0.4) is 0 Å². The van der Waals surface area contributed by atoms with Crippen LogP contribution in [0.2, 0.25) is 5.02 Å². The number of halogens is 1. The molecule has 0 unspecified atom stereocenters. The molecule has 0 fully saturated rings. The molecule has 3 rings (SSSR count). The van der Waals surface area contributed by atoms with E-state index in [4.69, 9.17) is 21.1 Å². The zero-order valence-electron chi connectivity index (χ0n) is 21.8. The number of fused-ring (bicyclic) bond motifs is 1. The lowest BCUT2D eigenvalue weighted by Gasteiger charge is -2.25. The highest BCUT2D eigenvalue weighted by atomic mass is 35.5. The van der Waals surface area contributed by atoms with E-state index in [9.17, 15) is 9.59 Å². The second kappa shape index (κ2) is 10.4. The number of esters is 1. The smallest absolute Gasteiger partial charge is 0.311 e. The van der Waals surface area contributed by atoms with Gasteiger partial charge in [-0.2, -0.15) is 0 Å². The molecular weight excluding hydrogens is 462 g/mol. The van der Waals surface area contributed by atoms with Crippen LogP contribution in [0.25, 0.3) is 10.9 Å². The molecule has 0 aliphatic heterocycles. The third-order valence-electron chi connectivity index (χ3n) is 6.04. The van der Waals surface area contributed by atoms with Crippen molar-refractivity contribution in [1.82, 2.24) is 4.57 Å². The first-order valence-corrected chi connectivity index (χ1v) is 12.4. The van der Waals surface area contributed by atoms with Crippen LogP contribution in [0.5, 0.6) is 5.75 Å². The summed E-state index contributed by atoms with van der Waals surface area (Å²) in [6.45, 7) is 12.6. The SMILES string of the molecule is CCOC(=O)C(C)(C)Cc1c(C(=O)CC(C)(C)C)c2cc(OC)ccc2n1Cc1ccc(Cl)cc1. The van der Waals surface area contributed by atoms with Crippen molar-refractivity contribution < 1.29 is 19.1 Å². The molecule has 0 saturated heterocycles. The molecule has 0 aliphatic rings. The number of carbonyl (C=O) groups excluding carboxylic acids is 2. The van der Waals surface area contributed by atoms with Gasteiger partial charge in [0.1, 0.15) is 5.75 Å². The zero-order valence-corrected chi connectivity index (χ0v) is 22.6. The molecule has 188 valence electrons. The van der Waals surface area contributed by atoms with Crippen LogP contribution < -0.4 is 4.74 Å². The van der Waals surface area contributed by atoms with Crippen LogP contribution >= 0.6 is 11.6 Å². The number of hydrogen-bond donors (Lipinski definition) is 0. The maximum atomic E-state index is 13.8. The van der Waals surface area contributed by atoms with Gasteiger partial charge in [-0.1, -0.05) is 44.5 Å². The number of nitrogens with zero attached hydrogens (tertiary/aromatic N) is 1. The van der Waals surface area contributed by atoms with Crippen LogP contribution in [-0.2, 0) is 22.5 Å². The number of rotatable bonds is 9. The number of methoxy groups -OCH3 is 1. The van der Waals surface area contributed by atoms with Crippen LogP contribution in [0.1, 0.15) is 69.6 Å². The van der Waals surface area contributed by atoms with Gasteiger partial charge in [-0.05, 0) is 62.1 Å². The van der Waals surface area contributed by atoms with Crippen LogP contribution in [-0.4, -0.2) is 30.0 Å². The third kappa shape index (κ3) is 6.26. The summed E-state index contributed by atoms with van der Waals surface area (Å²) in [7, 11) is 1.62. The monoisotopic (exact) mass is 497 g/mol. The molecule has 35 heavy (non-hydrogen) atoms. The first kappa shape index (κ1) is 26.8. The lowest BCUT2D eigenvalue weighted by Crippen LogP contribution is -2.31. The van der Waals surface area contributed by atoms with Crippen molar-refractivity contribution in [3.63, 3.8) is 0 Å². The first-order chi connectivity index (χ1) is 16.4. The number of Topliss-reactive ketones (excluding diaryl/α,β-unsaturated/α-hetero) is 1. The number of aromatic nitrogens is 1. The molecule has 0 N–H and O–H groups in total. The second-order valence-corrected chi connectivity index (χ2v) is 11.3. The summed E-state index contributed by atoms with van der Waals surface area (Å²) in [6.07, 6.45) is 0.749. The van der Waals surface area contributed by atoms with Gasteiger partial charge in [0.2, 0.25) is 0 Å². The summed E-state index contributed by atoms with van der Waals surface area (Å²) < 4.78 is 13.0. The highest BCUT2D eigenvalue weighted by Crippen LogP contribution is 2.37. The largest absolute Gasteiger partial charge is 0.497 e. The van der Waals surface area contributed by atoms with Crippen molar-refractivity contribution >= 4 is 34.3 Å². The fraction of sp³-hybridized carbons (Fsp3) is 0.448. The van der Waals surface area contributed by atoms with E-state index >= 15 is 0 Å². The maximum absolute atomic E-state index is 13.8. The normalized spacial score (nSPS) is 12.1. The standard InChI is InChI=1S/C29H36ClNO4/c1-8-35-27(33)29(5,6)16-24-26(25(32)17-28(2,3)4)22-15-21(34-7)13-14-23(22)31(24)18-19-9-11-20(30)12-10-19/h9-15H,8,16-18H2,1-7H3. The van der Waals surface area contributed by atoms with Crippen molar-refractivity contribution in [2.24, 2.45) is 10.8 Å². The molecule has 2 aromatic carbocycles. The van der Waals surface area contributed by atoms with E-state index in [1.807, 2.05) is 56.3 Å². The van der Waals surface area contributed by atoms with Gasteiger partial charge in [0, 0.05) is 46.6 Å². The Hall–Kier alpha value is -2.79. The summed E-state index contributed by atoms with van der Waals surface area (Å²) >= 11 is 6.12. The topological polar surface area (TPSA) is 57.5 Å². The third-order valence-corrected chi connectivity index (χ3v) is 6.29. The minimum atomic E-state index is -0.816.